The van der Waals surface area contributed by atoms with Crippen molar-refractivity contribution < 1.29 is 24.2 Å². The van der Waals surface area contributed by atoms with Crippen LogP contribution in [0.5, 0.6) is 0 Å². The topological polar surface area (TPSA) is 76.1 Å². The highest BCUT2D eigenvalue weighted by Gasteiger charge is 2.37. The van der Waals surface area contributed by atoms with E-state index in [0.717, 1.165) is 19.3 Å². The highest BCUT2D eigenvalue weighted by molar-refractivity contribution is 5.80. The number of carbonyl (C=O) groups excluding carboxylic acids is 1. The van der Waals surface area contributed by atoms with Gasteiger partial charge in [-0.05, 0) is 38.5 Å². The van der Waals surface area contributed by atoms with Gasteiger partial charge < -0.3 is 14.6 Å². The molecule has 0 radical (unpaired) electrons. The third kappa shape index (κ3) is 5.83. The molecule has 6 nitrogen and oxygen atoms in total. The maximum Gasteiger partial charge on any atom is 0.410 e. The summed E-state index contributed by atoms with van der Waals surface area (Å²) in [6.45, 7) is 7.52. The highest BCUT2D eigenvalue weighted by Crippen LogP contribution is 2.25. The van der Waals surface area contributed by atoms with Gasteiger partial charge in [-0.3, -0.25) is 4.90 Å². The lowest BCUT2D eigenvalue weighted by atomic mass is 9.91. The molecule has 6 heteroatoms. The van der Waals surface area contributed by atoms with Crippen molar-refractivity contribution in [1.82, 2.24) is 4.90 Å². The van der Waals surface area contributed by atoms with E-state index >= 15 is 0 Å². The fourth-order valence-electron chi connectivity index (χ4n) is 2.46. The fourth-order valence-corrected chi connectivity index (χ4v) is 2.46. The molecule has 0 bridgehead atoms. The van der Waals surface area contributed by atoms with E-state index in [4.69, 9.17) is 9.47 Å². The Balaban J connectivity index is 2.52. The molecule has 1 amide bonds. The predicted molar refractivity (Wildman–Crippen MR) is 82.8 cm³/mol. The summed E-state index contributed by atoms with van der Waals surface area (Å²) in [7, 11) is 0. The van der Waals surface area contributed by atoms with Gasteiger partial charge in [0.25, 0.3) is 0 Å². The number of aliphatic carboxylic acids is 1. The maximum atomic E-state index is 12.1. The molecule has 3 atom stereocenters. The third-order valence-corrected chi connectivity index (χ3v) is 4.10. The second-order valence-corrected chi connectivity index (χ2v) is 5.97. The second kappa shape index (κ2) is 9.66. The fraction of sp³-hybridized carbons (Fsp3) is 0.875. The molecular formula is C16H29NO5. The van der Waals surface area contributed by atoms with Crippen LogP contribution in [0.25, 0.3) is 0 Å². The number of rotatable bonds is 8. The summed E-state index contributed by atoms with van der Waals surface area (Å²) in [5.41, 5.74) is 0. The second-order valence-electron chi connectivity index (χ2n) is 5.97. The van der Waals surface area contributed by atoms with Gasteiger partial charge in [0.2, 0.25) is 0 Å². The molecule has 1 fully saturated rings. The number of carboxylic acids is 1. The average Bonchev–Trinajstić information content (AvgIpc) is 2.51. The van der Waals surface area contributed by atoms with Crippen LogP contribution in [0.2, 0.25) is 0 Å². The molecule has 1 aliphatic heterocycles. The summed E-state index contributed by atoms with van der Waals surface area (Å²) < 4.78 is 10.9. The van der Waals surface area contributed by atoms with Gasteiger partial charge in [0.1, 0.15) is 12.1 Å². The van der Waals surface area contributed by atoms with Gasteiger partial charge >= 0.3 is 12.1 Å². The van der Waals surface area contributed by atoms with Gasteiger partial charge in [0.05, 0.1) is 0 Å². The van der Waals surface area contributed by atoms with Gasteiger partial charge in [-0.2, -0.15) is 0 Å². The Bertz CT molecular complexity index is 360. The van der Waals surface area contributed by atoms with E-state index in [1.54, 1.807) is 0 Å². The molecule has 0 aliphatic carbocycles. The number of piperidine rings is 1. The Morgan fingerprint density at radius 3 is 2.68 bits per heavy atom. The van der Waals surface area contributed by atoms with Crippen molar-refractivity contribution in [3.05, 3.63) is 0 Å². The lowest BCUT2D eigenvalue weighted by Crippen LogP contribution is -2.51. The van der Waals surface area contributed by atoms with Crippen molar-refractivity contribution in [2.24, 2.45) is 5.92 Å². The molecule has 3 unspecified atom stereocenters. The number of nitrogens with zero attached hydrogens (tertiary/aromatic N) is 1. The first-order chi connectivity index (χ1) is 10.5. The minimum Gasteiger partial charge on any atom is -0.480 e. The Labute approximate surface area is 132 Å². The van der Waals surface area contributed by atoms with Crippen LogP contribution in [-0.2, 0) is 14.3 Å². The Hall–Kier alpha value is -1.30. The normalized spacial score (nSPS) is 23.1. The standard InChI is InChI=1S/C16H29NO5/c1-4-6-9-21-11-13-7-8-17(14(10-13)15(18)19)16(20)22-12(3)5-2/h12-14H,4-11H2,1-3H3,(H,18,19). The SMILES string of the molecule is CCCCOCC1CCN(C(=O)OC(C)CC)C(C(=O)O)C1. The zero-order chi connectivity index (χ0) is 16.5. The van der Waals surface area contributed by atoms with E-state index in [0.29, 0.717) is 32.6 Å². The smallest absolute Gasteiger partial charge is 0.410 e. The molecule has 1 N–H and O–H groups in total. The molecular weight excluding hydrogens is 286 g/mol. The van der Waals surface area contributed by atoms with Crippen molar-refractivity contribution in [3.63, 3.8) is 0 Å². The minimum absolute atomic E-state index is 0.186. The van der Waals surface area contributed by atoms with Crippen molar-refractivity contribution in [2.75, 3.05) is 19.8 Å². The van der Waals surface area contributed by atoms with Crippen molar-refractivity contribution in [3.8, 4) is 0 Å². The van der Waals surface area contributed by atoms with E-state index < -0.39 is 18.1 Å². The Kier molecular flexibility index (Phi) is 8.24. The van der Waals surface area contributed by atoms with Crippen LogP contribution in [0.4, 0.5) is 4.79 Å². The van der Waals surface area contributed by atoms with Crippen LogP contribution in [-0.4, -0.2) is 54.0 Å². The molecule has 128 valence electrons. The summed E-state index contributed by atoms with van der Waals surface area (Å²) in [6.07, 6.45) is 3.28. The molecule has 0 saturated carbocycles. The van der Waals surface area contributed by atoms with Gasteiger partial charge in [0, 0.05) is 19.8 Å². The van der Waals surface area contributed by atoms with E-state index in [1.807, 2.05) is 13.8 Å². The van der Waals surface area contributed by atoms with E-state index in [9.17, 15) is 14.7 Å². The lowest BCUT2D eigenvalue weighted by molar-refractivity contribution is -0.145. The number of carbonyl (C=O) groups is 2. The molecule has 0 spiro atoms. The van der Waals surface area contributed by atoms with Crippen molar-refractivity contribution >= 4 is 12.1 Å². The zero-order valence-electron chi connectivity index (χ0n) is 13.9. The molecule has 0 aromatic rings. The Morgan fingerprint density at radius 2 is 2.09 bits per heavy atom. The molecule has 0 aromatic heterocycles. The number of likely N-dealkylation sites (tertiary alicyclic amines) is 1. The van der Waals surface area contributed by atoms with E-state index in [2.05, 4.69) is 6.92 Å². The number of hydrogen-bond donors (Lipinski definition) is 1. The highest BCUT2D eigenvalue weighted by atomic mass is 16.6. The van der Waals surface area contributed by atoms with E-state index in [1.165, 1.54) is 4.90 Å². The number of amides is 1. The van der Waals surface area contributed by atoms with E-state index in [-0.39, 0.29) is 12.0 Å². The zero-order valence-corrected chi connectivity index (χ0v) is 13.9. The van der Waals surface area contributed by atoms with Gasteiger partial charge in [-0.25, -0.2) is 9.59 Å². The van der Waals surface area contributed by atoms with Crippen LogP contribution in [0, 0.1) is 5.92 Å². The van der Waals surface area contributed by atoms with Crippen LogP contribution in [0.3, 0.4) is 0 Å². The number of ether oxygens (including phenoxy) is 2. The number of carboxylic acid groups (broad SMARTS) is 1. The molecule has 1 heterocycles. The van der Waals surface area contributed by atoms with Crippen LogP contribution >= 0.6 is 0 Å². The molecule has 1 saturated heterocycles. The summed E-state index contributed by atoms with van der Waals surface area (Å²) in [5, 5.41) is 9.39. The minimum atomic E-state index is -0.973. The largest absolute Gasteiger partial charge is 0.480 e. The quantitative estimate of drug-likeness (QED) is 0.697. The predicted octanol–water partition coefficient (Wildman–Crippen LogP) is 2.90. The summed E-state index contributed by atoms with van der Waals surface area (Å²) in [4.78, 5) is 24.9. The average molecular weight is 315 g/mol. The number of unbranched alkanes of at least 4 members (excludes halogenated alkanes) is 1. The molecule has 0 aromatic carbocycles. The lowest BCUT2D eigenvalue weighted by Gasteiger charge is -2.36. The number of hydrogen-bond acceptors (Lipinski definition) is 4. The van der Waals surface area contributed by atoms with Gasteiger partial charge in [0.15, 0.2) is 0 Å². The monoisotopic (exact) mass is 315 g/mol. The molecule has 1 aliphatic rings. The van der Waals surface area contributed by atoms with Crippen molar-refractivity contribution in [2.45, 2.75) is 65.0 Å². The van der Waals surface area contributed by atoms with Crippen LogP contribution < -0.4 is 0 Å². The summed E-state index contributed by atoms with van der Waals surface area (Å²) in [6, 6.07) is -0.815. The third-order valence-electron chi connectivity index (χ3n) is 4.10. The van der Waals surface area contributed by atoms with Crippen molar-refractivity contribution in [1.29, 1.82) is 0 Å². The first kappa shape index (κ1) is 18.7. The summed E-state index contributed by atoms with van der Waals surface area (Å²) in [5.74, 6) is -0.787. The van der Waals surface area contributed by atoms with Crippen LogP contribution in [0.15, 0.2) is 0 Å². The molecule has 22 heavy (non-hydrogen) atoms. The first-order valence-electron chi connectivity index (χ1n) is 8.27. The maximum absolute atomic E-state index is 12.1. The Morgan fingerprint density at radius 1 is 1.36 bits per heavy atom. The summed E-state index contributed by atoms with van der Waals surface area (Å²) >= 11 is 0. The first-order valence-corrected chi connectivity index (χ1v) is 8.27. The van der Waals surface area contributed by atoms with Crippen LogP contribution in [0.1, 0.15) is 52.9 Å². The molecule has 1 rings (SSSR count). The van der Waals surface area contributed by atoms with Gasteiger partial charge in [-0.15, -0.1) is 0 Å². The van der Waals surface area contributed by atoms with Gasteiger partial charge in [-0.1, -0.05) is 20.3 Å².